The molecular formula is C21H26N2O5S. The summed E-state index contributed by atoms with van der Waals surface area (Å²) in [7, 11) is 1.72. The molecule has 1 N–H and O–H groups in total. The average Bonchev–Trinajstić information content (AvgIpc) is 3.21. The third-order valence-corrected chi connectivity index (χ3v) is 5.97. The minimum absolute atomic E-state index is 0.254. The molecule has 0 saturated carbocycles. The van der Waals surface area contributed by atoms with Crippen LogP contribution in [0.2, 0.25) is 0 Å². The third-order valence-electron chi connectivity index (χ3n) is 4.80. The first-order valence-corrected chi connectivity index (χ1v) is 10.5. The lowest BCUT2D eigenvalue weighted by Gasteiger charge is -2.18. The van der Waals surface area contributed by atoms with E-state index >= 15 is 0 Å². The van der Waals surface area contributed by atoms with Gasteiger partial charge in [-0.2, -0.15) is 0 Å². The van der Waals surface area contributed by atoms with Crippen molar-refractivity contribution in [2.45, 2.75) is 46.1 Å². The molecule has 0 bridgehead atoms. The van der Waals surface area contributed by atoms with Crippen molar-refractivity contribution in [1.29, 1.82) is 0 Å². The van der Waals surface area contributed by atoms with Gasteiger partial charge in [0.1, 0.15) is 10.7 Å². The maximum absolute atomic E-state index is 12.7. The number of esters is 2. The van der Waals surface area contributed by atoms with E-state index in [2.05, 4.69) is 12.2 Å². The fraction of sp³-hybridized carbons (Fsp3) is 0.476. The second-order valence-corrected chi connectivity index (χ2v) is 8.74. The Bertz CT molecular complexity index is 928. The normalized spacial score (nSPS) is 15.7. The molecule has 2 aromatic rings. The molecule has 1 amide bonds. The number of fused-ring (bicyclic) bond motifs is 1. The van der Waals surface area contributed by atoms with Crippen LogP contribution in [0, 0.1) is 5.92 Å². The van der Waals surface area contributed by atoms with Gasteiger partial charge in [0.25, 0.3) is 5.91 Å². The standard InChI is InChI=1S/C21H26N2O5S/c1-12(2)28-21(26)18-14-8-7-13(3)10-16(14)29-19(18)22-17(24)11-27-20(25)15-6-5-9-23(15)4/h5-6,9,12-13H,7-8,10-11H2,1-4H3,(H,22,24). The third kappa shape index (κ3) is 4.87. The van der Waals surface area contributed by atoms with Crippen LogP contribution in [0.5, 0.6) is 0 Å². The molecule has 7 nitrogen and oxygen atoms in total. The Morgan fingerprint density at radius 3 is 2.72 bits per heavy atom. The average molecular weight is 419 g/mol. The van der Waals surface area contributed by atoms with Gasteiger partial charge in [0, 0.05) is 18.1 Å². The molecule has 0 aliphatic heterocycles. The Morgan fingerprint density at radius 2 is 2.07 bits per heavy atom. The van der Waals surface area contributed by atoms with E-state index in [-0.39, 0.29) is 6.10 Å². The van der Waals surface area contributed by atoms with Gasteiger partial charge in [-0.1, -0.05) is 6.92 Å². The number of thiophene rings is 1. The van der Waals surface area contributed by atoms with Crippen molar-refractivity contribution in [1.82, 2.24) is 4.57 Å². The second kappa shape index (κ2) is 8.82. The van der Waals surface area contributed by atoms with E-state index < -0.39 is 24.5 Å². The smallest absolute Gasteiger partial charge is 0.355 e. The predicted molar refractivity (Wildman–Crippen MR) is 110 cm³/mol. The Balaban J connectivity index is 1.73. The maximum Gasteiger partial charge on any atom is 0.355 e. The van der Waals surface area contributed by atoms with Crippen molar-refractivity contribution in [2.24, 2.45) is 13.0 Å². The van der Waals surface area contributed by atoms with E-state index in [0.29, 0.717) is 22.2 Å². The molecule has 156 valence electrons. The first kappa shape index (κ1) is 21.1. The Hall–Kier alpha value is -2.61. The molecule has 0 aromatic carbocycles. The van der Waals surface area contributed by atoms with Crippen LogP contribution in [0.1, 0.15) is 58.5 Å². The number of carbonyl (C=O) groups excluding carboxylic acids is 3. The molecule has 8 heteroatoms. The van der Waals surface area contributed by atoms with Crippen molar-refractivity contribution in [3.63, 3.8) is 0 Å². The molecule has 2 aromatic heterocycles. The lowest BCUT2D eigenvalue weighted by Crippen LogP contribution is -2.23. The Labute approximate surface area is 174 Å². The van der Waals surface area contributed by atoms with Crippen molar-refractivity contribution < 1.29 is 23.9 Å². The van der Waals surface area contributed by atoms with E-state index in [4.69, 9.17) is 9.47 Å². The number of amides is 1. The summed E-state index contributed by atoms with van der Waals surface area (Å²) in [5.74, 6) is -0.961. The van der Waals surface area contributed by atoms with Crippen molar-refractivity contribution >= 4 is 34.2 Å². The van der Waals surface area contributed by atoms with Crippen molar-refractivity contribution in [3.05, 3.63) is 40.0 Å². The summed E-state index contributed by atoms with van der Waals surface area (Å²) in [6.45, 7) is 5.33. The zero-order valence-electron chi connectivity index (χ0n) is 17.1. The van der Waals surface area contributed by atoms with Crippen LogP contribution >= 0.6 is 11.3 Å². The van der Waals surface area contributed by atoms with Gasteiger partial charge in [-0.15, -0.1) is 11.3 Å². The van der Waals surface area contributed by atoms with Crippen LogP contribution in [-0.2, 0) is 34.2 Å². The Morgan fingerprint density at radius 1 is 1.31 bits per heavy atom. The number of nitrogens with zero attached hydrogens (tertiary/aromatic N) is 1. The van der Waals surface area contributed by atoms with E-state index in [0.717, 1.165) is 29.7 Å². The van der Waals surface area contributed by atoms with Crippen molar-refractivity contribution in [3.8, 4) is 0 Å². The summed E-state index contributed by atoms with van der Waals surface area (Å²) in [4.78, 5) is 38.3. The van der Waals surface area contributed by atoms with E-state index in [1.165, 1.54) is 11.3 Å². The maximum atomic E-state index is 12.7. The number of anilines is 1. The number of hydrogen-bond donors (Lipinski definition) is 1. The van der Waals surface area contributed by atoms with Gasteiger partial charge in [0.15, 0.2) is 6.61 Å². The lowest BCUT2D eigenvalue weighted by molar-refractivity contribution is -0.119. The lowest BCUT2D eigenvalue weighted by atomic mass is 9.88. The molecule has 2 heterocycles. The second-order valence-electron chi connectivity index (χ2n) is 7.64. The molecule has 1 aliphatic carbocycles. The van der Waals surface area contributed by atoms with Gasteiger partial charge in [0.2, 0.25) is 0 Å². The van der Waals surface area contributed by atoms with Gasteiger partial charge in [0.05, 0.1) is 11.7 Å². The molecule has 0 radical (unpaired) electrons. The minimum Gasteiger partial charge on any atom is -0.459 e. The predicted octanol–water partition coefficient (Wildman–Crippen LogP) is 3.57. The quantitative estimate of drug-likeness (QED) is 0.725. The minimum atomic E-state index is -0.577. The van der Waals surface area contributed by atoms with Gasteiger partial charge >= 0.3 is 11.9 Å². The van der Waals surface area contributed by atoms with Crippen LogP contribution < -0.4 is 5.32 Å². The van der Waals surface area contributed by atoms with Gasteiger partial charge in [-0.3, -0.25) is 4.79 Å². The number of hydrogen-bond acceptors (Lipinski definition) is 6. The van der Waals surface area contributed by atoms with Crippen LogP contribution in [0.25, 0.3) is 0 Å². The largest absolute Gasteiger partial charge is 0.459 e. The van der Waals surface area contributed by atoms with Crippen LogP contribution in [-0.4, -0.2) is 35.1 Å². The molecule has 3 rings (SSSR count). The summed E-state index contributed by atoms with van der Waals surface area (Å²) in [5.41, 5.74) is 1.77. The summed E-state index contributed by atoms with van der Waals surface area (Å²) in [6, 6.07) is 3.34. The van der Waals surface area contributed by atoms with Crippen LogP contribution in [0.3, 0.4) is 0 Å². The highest BCUT2D eigenvalue weighted by molar-refractivity contribution is 7.17. The number of carbonyl (C=O) groups is 3. The summed E-state index contributed by atoms with van der Waals surface area (Å²) in [5, 5.41) is 3.21. The number of aryl methyl sites for hydroxylation is 1. The van der Waals surface area contributed by atoms with Crippen LogP contribution in [0.4, 0.5) is 5.00 Å². The molecule has 1 atom stereocenters. The number of ether oxygens (including phenoxy) is 2. The number of rotatable bonds is 6. The molecule has 1 unspecified atom stereocenters. The highest BCUT2D eigenvalue weighted by Crippen LogP contribution is 2.40. The first-order chi connectivity index (χ1) is 13.8. The molecule has 0 fully saturated rings. The summed E-state index contributed by atoms with van der Waals surface area (Å²) in [6.07, 6.45) is 4.12. The molecule has 29 heavy (non-hydrogen) atoms. The highest BCUT2D eigenvalue weighted by Gasteiger charge is 2.29. The highest BCUT2D eigenvalue weighted by atomic mass is 32.1. The molecule has 0 saturated heterocycles. The summed E-state index contributed by atoms with van der Waals surface area (Å²) < 4.78 is 12.1. The van der Waals surface area contributed by atoms with E-state index in [9.17, 15) is 14.4 Å². The topological polar surface area (TPSA) is 86.6 Å². The summed E-state index contributed by atoms with van der Waals surface area (Å²) >= 11 is 1.41. The molecular weight excluding hydrogens is 392 g/mol. The number of nitrogens with one attached hydrogen (secondary N) is 1. The fourth-order valence-electron chi connectivity index (χ4n) is 3.37. The van der Waals surface area contributed by atoms with Crippen LogP contribution in [0.15, 0.2) is 18.3 Å². The zero-order valence-corrected chi connectivity index (χ0v) is 17.9. The monoisotopic (exact) mass is 418 g/mol. The van der Waals surface area contributed by atoms with Gasteiger partial charge in [-0.05, 0) is 56.7 Å². The number of aromatic nitrogens is 1. The van der Waals surface area contributed by atoms with Gasteiger partial charge in [-0.25, -0.2) is 9.59 Å². The fourth-order valence-corrected chi connectivity index (χ4v) is 4.78. The molecule has 1 aliphatic rings. The Kier molecular flexibility index (Phi) is 6.42. The van der Waals surface area contributed by atoms with E-state index in [1.54, 1.807) is 43.8 Å². The molecule has 0 spiro atoms. The van der Waals surface area contributed by atoms with E-state index in [1.807, 2.05) is 0 Å². The first-order valence-electron chi connectivity index (χ1n) is 9.70. The van der Waals surface area contributed by atoms with Crippen molar-refractivity contribution in [2.75, 3.05) is 11.9 Å². The SMILES string of the molecule is CC1CCc2c(sc(NC(=O)COC(=O)c3cccn3C)c2C(=O)OC(C)C)C1. The van der Waals surface area contributed by atoms with Gasteiger partial charge < -0.3 is 19.4 Å². The zero-order chi connectivity index (χ0) is 21.1.